The fourth-order valence-corrected chi connectivity index (χ4v) is 13.1. The number of carbonyl (C=O) groups is 8. The Hall–Kier alpha value is -8.85. The lowest BCUT2D eigenvalue weighted by Crippen LogP contribution is -2.63. The maximum Gasteiger partial charge on any atom is 0.410 e. The number of Topliss-reactive ketones (excluding diaryl/α,β-unsaturated/α-hetero) is 1. The second-order valence-corrected chi connectivity index (χ2v) is 30.9. The molecule has 97 heavy (non-hydrogen) atoms. The number of fused-ring (bicyclic) bond motifs is 3. The van der Waals surface area contributed by atoms with Crippen molar-refractivity contribution in [3.63, 3.8) is 0 Å². The summed E-state index contributed by atoms with van der Waals surface area (Å²) in [5.74, 6) is -4.76. The standard InChI is InChI=1S/C76H101N7O13S/c1-49(2)62(82(15)69(88)64(73(4,5)6)80-68(87)65(83(16)72(91)96-75(10,11)12)76(13,14)55-32-21-18-22-33-55)43-50(3)66(85)81-97(92,93)48-53-40-38-52(39-41-53)46-78-67(86)54(31-27-28-42-77-70(89)95-74(7,8)9)45-63(84)61(44-51-29-19-17-20-30-51)79-71(90)94-47-60-58-36-25-23-34-56(58)57-35-24-26-37-59(57)60/h17-26,29-30,32-41,43,49,54,60-62,64-65H,27-28,31,42,44-48H2,1-16H3,(H,77,89)(H,78,86)(H,79,90)(H,80,87)(H,81,85)/b50-43+/t54-,61+,62-,64-,65-/m1/s1. The lowest BCUT2D eigenvalue weighted by Gasteiger charge is -2.42. The summed E-state index contributed by atoms with van der Waals surface area (Å²) >= 11 is 0. The smallest absolute Gasteiger partial charge is 0.410 e. The van der Waals surface area contributed by atoms with E-state index in [9.17, 15) is 46.8 Å². The second-order valence-electron chi connectivity index (χ2n) is 29.2. The van der Waals surface area contributed by atoms with Gasteiger partial charge < -0.3 is 40.4 Å². The number of alkyl carbamates (subject to hydrolysis) is 2. The van der Waals surface area contributed by atoms with E-state index in [1.54, 1.807) is 93.6 Å². The zero-order chi connectivity index (χ0) is 71.8. The highest BCUT2D eigenvalue weighted by atomic mass is 32.2. The molecule has 21 heteroatoms. The first-order chi connectivity index (χ1) is 45.3. The molecule has 0 radical (unpaired) electrons. The number of carbonyl (C=O) groups excluding carboxylic acids is 8. The van der Waals surface area contributed by atoms with Crippen LogP contribution in [0.1, 0.15) is 162 Å². The Labute approximate surface area is 573 Å². The van der Waals surface area contributed by atoms with E-state index in [-0.39, 0.29) is 62.2 Å². The van der Waals surface area contributed by atoms with Gasteiger partial charge in [0.25, 0.3) is 5.91 Å². The Morgan fingerprint density at radius 2 is 1.15 bits per heavy atom. The highest BCUT2D eigenvalue weighted by Gasteiger charge is 2.46. The summed E-state index contributed by atoms with van der Waals surface area (Å²) in [6.07, 6.45) is 0.511. The van der Waals surface area contributed by atoms with E-state index < -0.39 is 110 Å². The quantitative estimate of drug-likeness (QED) is 0.0170. The molecule has 7 amide bonds. The molecule has 0 bridgehead atoms. The van der Waals surface area contributed by atoms with Crippen LogP contribution in [0.5, 0.6) is 0 Å². The van der Waals surface area contributed by atoms with Gasteiger partial charge in [0.05, 0.1) is 17.8 Å². The van der Waals surface area contributed by atoms with Crippen LogP contribution in [0.2, 0.25) is 0 Å². The van der Waals surface area contributed by atoms with Crippen molar-refractivity contribution >= 4 is 57.7 Å². The zero-order valence-corrected chi connectivity index (χ0v) is 60.1. The van der Waals surface area contributed by atoms with Gasteiger partial charge >= 0.3 is 18.3 Å². The highest BCUT2D eigenvalue weighted by Crippen LogP contribution is 2.44. The largest absolute Gasteiger partial charge is 0.449 e. The molecular weight excluding hydrogens is 1250 g/mol. The lowest BCUT2D eigenvalue weighted by molar-refractivity contribution is -0.141. The number of nitrogens with zero attached hydrogens (tertiary/aromatic N) is 2. The van der Waals surface area contributed by atoms with Gasteiger partial charge in [0, 0.05) is 56.4 Å². The van der Waals surface area contributed by atoms with Crippen molar-refractivity contribution in [2.45, 2.75) is 188 Å². The van der Waals surface area contributed by atoms with Crippen LogP contribution in [-0.2, 0) is 72.3 Å². The van der Waals surface area contributed by atoms with E-state index in [0.717, 1.165) is 33.4 Å². The van der Waals surface area contributed by atoms with Gasteiger partial charge in [0.1, 0.15) is 29.9 Å². The average Bonchev–Trinajstić information content (AvgIpc) is 1.34. The molecule has 20 nitrogen and oxygen atoms in total. The van der Waals surface area contributed by atoms with Gasteiger partial charge in [-0.15, -0.1) is 0 Å². The molecule has 0 heterocycles. The first-order valence-corrected chi connectivity index (χ1v) is 34.8. The molecule has 5 atom stereocenters. The number of unbranched alkanes of at least 4 members (excludes halogenated alkanes) is 1. The molecule has 1 aliphatic rings. The van der Waals surface area contributed by atoms with E-state index in [1.807, 2.05) is 137 Å². The minimum atomic E-state index is -4.30. The van der Waals surface area contributed by atoms with Gasteiger partial charge in [-0.05, 0) is 124 Å². The molecule has 1 aliphatic carbocycles. The average molecular weight is 1350 g/mol. The number of sulfonamides is 1. The summed E-state index contributed by atoms with van der Waals surface area (Å²) in [4.78, 5) is 115. The third kappa shape index (κ3) is 22.6. The van der Waals surface area contributed by atoms with Crippen molar-refractivity contribution in [2.24, 2.45) is 17.3 Å². The van der Waals surface area contributed by atoms with Crippen molar-refractivity contribution in [3.8, 4) is 11.1 Å². The summed E-state index contributed by atoms with van der Waals surface area (Å²) < 4.78 is 46.5. The van der Waals surface area contributed by atoms with E-state index in [0.29, 0.717) is 24.0 Å². The van der Waals surface area contributed by atoms with Crippen molar-refractivity contribution < 1.29 is 61.0 Å². The summed E-state index contributed by atoms with van der Waals surface area (Å²) in [5, 5.41) is 11.5. The summed E-state index contributed by atoms with van der Waals surface area (Å²) in [6.45, 7) is 25.0. The zero-order valence-electron chi connectivity index (χ0n) is 59.3. The van der Waals surface area contributed by atoms with Crippen LogP contribution in [0.15, 0.2) is 145 Å². The summed E-state index contributed by atoms with van der Waals surface area (Å²) in [5.41, 5.74) is 3.31. The van der Waals surface area contributed by atoms with E-state index in [1.165, 1.54) is 29.8 Å². The van der Waals surface area contributed by atoms with Crippen LogP contribution in [0.4, 0.5) is 14.4 Å². The molecule has 5 aromatic carbocycles. The first kappa shape index (κ1) is 77.2. The normalized spacial score (nSPS) is 14.3. The third-order valence-corrected chi connectivity index (χ3v) is 18.3. The topological polar surface area (TPSA) is 265 Å². The van der Waals surface area contributed by atoms with Gasteiger partial charge in [-0.25, -0.2) is 27.5 Å². The van der Waals surface area contributed by atoms with Crippen LogP contribution in [-0.4, -0.2) is 129 Å². The second kappa shape index (κ2) is 33.4. The predicted molar refractivity (Wildman–Crippen MR) is 376 cm³/mol. The molecule has 0 unspecified atom stereocenters. The Balaban J connectivity index is 1.11. The Kier molecular flexibility index (Phi) is 26.6. The van der Waals surface area contributed by atoms with Crippen LogP contribution in [0.3, 0.4) is 0 Å². The number of likely N-dealkylation sites (N-methyl/N-ethyl adjacent to an activating group) is 2. The van der Waals surface area contributed by atoms with Gasteiger partial charge in [-0.3, -0.25) is 28.9 Å². The Morgan fingerprint density at radius 1 is 0.608 bits per heavy atom. The molecule has 0 aromatic heterocycles. The van der Waals surface area contributed by atoms with E-state index >= 15 is 0 Å². The number of hydrogen-bond acceptors (Lipinski definition) is 13. The number of nitrogens with one attached hydrogen (secondary N) is 5. The van der Waals surface area contributed by atoms with Crippen LogP contribution in [0.25, 0.3) is 11.1 Å². The number of benzene rings is 5. The predicted octanol–water partition coefficient (Wildman–Crippen LogP) is 11.8. The van der Waals surface area contributed by atoms with Crippen molar-refractivity contribution in [3.05, 3.63) is 178 Å². The molecule has 0 saturated carbocycles. The minimum absolute atomic E-state index is 0.0121. The Morgan fingerprint density at radius 3 is 1.71 bits per heavy atom. The van der Waals surface area contributed by atoms with Gasteiger partial charge in [0.2, 0.25) is 27.7 Å². The molecule has 0 saturated heterocycles. The van der Waals surface area contributed by atoms with Crippen LogP contribution >= 0.6 is 0 Å². The van der Waals surface area contributed by atoms with Gasteiger partial charge in [-0.1, -0.05) is 194 Å². The first-order valence-electron chi connectivity index (χ1n) is 33.2. The van der Waals surface area contributed by atoms with Crippen molar-refractivity contribution in [1.29, 1.82) is 0 Å². The van der Waals surface area contributed by atoms with Crippen LogP contribution < -0.4 is 26.0 Å². The number of hydrogen-bond donors (Lipinski definition) is 5. The molecule has 0 spiro atoms. The number of ketones is 1. The SMILES string of the molecule is C/C(=C\[C@H](C(C)C)N(C)C(=O)[C@@H](NC(=O)[C@@H](N(C)C(=O)OC(C)(C)C)C(C)(C)c1ccccc1)C(C)(C)C)C(=O)NS(=O)(=O)Cc1ccc(CNC(=O)[C@H](CCCCNC(=O)OC(C)(C)C)CC(=O)[C@H](Cc2ccccc2)NC(=O)OCC2c3ccccc3-c3ccccc32)cc1. The maximum atomic E-state index is 14.8. The molecule has 0 aliphatic heterocycles. The van der Waals surface area contributed by atoms with E-state index in [4.69, 9.17) is 14.2 Å². The molecule has 6 rings (SSSR count). The molecular formula is C76H101N7O13S. The lowest BCUT2D eigenvalue weighted by atomic mass is 9.76. The Bertz CT molecular complexity index is 3660. The number of amides is 7. The molecule has 0 fully saturated rings. The van der Waals surface area contributed by atoms with Crippen molar-refractivity contribution in [2.75, 3.05) is 27.2 Å². The minimum Gasteiger partial charge on any atom is -0.449 e. The molecule has 524 valence electrons. The monoisotopic (exact) mass is 1350 g/mol. The fraction of sp³-hybridized carbons (Fsp3) is 0.474. The number of rotatable bonds is 29. The van der Waals surface area contributed by atoms with Gasteiger partial charge in [-0.2, -0.15) is 0 Å². The number of ether oxygens (including phenoxy) is 3. The van der Waals surface area contributed by atoms with E-state index in [2.05, 4.69) is 26.0 Å². The van der Waals surface area contributed by atoms with Gasteiger partial charge in [0.15, 0.2) is 5.78 Å². The highest BCUT2D eigenvalue weighted by molar-refractivity contribution is 7.89. The third-order valence-electron chi connectivity index (χ3n) is 17.0. The maximum absolute atomic E-state index is 14.8. The molecule has 5 N–H and O–H groups in total. The van der Waals surface area contributed by atoms with Crippen molar-refractivity contribution in [1.82, 2.24) is 35.8 Å². The molecule has 5 aromatic rings. The summed E-state index contributed by atoms with van der Waals surface area (Å²) in [6, 6.07) is 36.8. The van der Waals surface area contributed by atoms with Crippen LogP contribution in [0, 0.1) is 17.3 Å². The summed E-state index contributed by atoms with van der Waals surface area (Å²) in [7, 11) is -1.26. The fourth-order valence-electron chi connectivity index (χ4n) is 11.9.